The molecule has 30 heavy (non-hydrogen) atoms. The Labute approximate surface area is 189 Å². The Hall–Kier alpha value is -2.09. The first-order chi connectivity index (χ1) is 14.1. The molecule has 0 saturated heterocycles. The Kier molecular flexibility index (Phi) is 8.70. The number of hydrogen-bond donors (Lipinski definition) is 3. The second-order valence-corrected chi connectivity index (χ2v) is 8.69. The summed E-state index contributed by atoms with van der Waals surface area (Å²) in [6.45, 7) is 3.88. The molecule has 1 atom stereocenters. The van der Waals surface area contributed by atoms with Crippen molar-refractivity contribution in [3.63, 3.8) is 0 Å². The number of ether oxygens (including phenoxy) is 1. The number of phenolic OH excluding ortho intramolecular Hbond substituents is 1. The molecule has 0 radical (unpaired) electrons. The van der Waals surface area contributed by atoms with Crippen molar-refractivity contribution in [3.8, 4) is 17.2 Å². The Morgan fingerprint density at radius 2 is 1.80 bits per heavy atom. The van der Waals surface area contributed by atoms with Crippen LogP contribution in [0.15, 0.2) is 30.3 Å². The number of aliphatic carboxylic acids is 1. The molecule has 0 bridgehead atoms. The van der Waals surface area contributed by atoms with Gasteiger partial charge in [0.1, 0.15) is 17.5 Å². The fraction of sp³-hybridized carbons (Fsp3) is 0.333. The third-order valence-corrected chi connectivity index (χ3v) is 5.52. The van der Waals surface area contributed by atoms with Crippen LogP contribution in [0.25, 0.3) is 0 Å². The van der Waals surface area contributed by atoms with Crippen LogP contribution in [0.4, 0.5) is 0 Å². The SMILES string of the molecule is CSCC[C@@H](NC(=O)c1cc(Cl)c(Oc2ccc(O)c(C(C)C)c2)c(Cl)c1)C(=O)O. The lowest BCUT2D eigenvalue weighted by atomic mass is 10.0. The standard InChI is InChI=1S/C21H23Cl2NO5S/c1-11(2)14-10-13(4-5-18(14)25)29-19-15(22)8-12(9-16(19)23)20(26)24-17(21(27)28)6-7-30-3/h4-5,8-11,17,25H,6-7H2,1-3H3,(H,24,26)(H,27,28)/t17-/m1/s1. The van der Waals surface area contributed by atoms with E-state index in [2.05, 4.69) is 5.32 Å². The van der Waals surface area contributed by atoms with Crippen LogP contribution < -0.4 is 10.1 Å². The van der Waals surface area contributed by atoms with Gasteiger partial charge in [-0.3, -0.25) is 4.79 Å². The van der Waals surface area contributed by atoms with Crippen molar-refractivity contribution in [3.05, 3.63) is 51.5 Å². The number of benzene rings is 2. The normalized spacial score (nSPS) is 11.9. The van der Waals surface area contributed by atoms with E-state index in [4.69, 9.17) is 27.9 Å². The lowest BCUT2D eigenvalue weighted by Crippen LogP contribution is -2.41. The highest BCUT2D eigenvalue weighted by Crippen LogP contribution is 2.39. The Morgan fingerprint density at radius 3 is 2.33 bits per heavy atom. The molecule has 0 unspecified atom stereocenters. The maximum atomic E-state index is 12.5. The van der Waals surface area contributed by atoms with E-state index in [-0.39, 0.29) is 33.0 Å². The minimum Gasteiger partial charge on any atom is -0.508 e. The first kappa shape index (κ1) is 24.2. The summed E-state index contributed by atoms with van der Waals surface area (Å²) in [5, 5.41) is 21.9. The van der Waals surface area contributed by atoms with Gasteiger partial charge in [0.25, 0.3) is 5.91 Å². The molecule has 2 rings (SSSR count). The maximum absolute atomic E-state index is 12.5. The number of aromatic hydroxyl groups is 1. The largest absolute Gasteiger partial charge is 0.508 e. The molecule has 2 aromatic rings. The van der Waals surface area contributed by atoms with Gasteiger partial charge < -0.3 is 20.3 Å². The third kappa shape index (κ3) is 6.20. The summed E-state index contributed by atoms with van der Waals surface area (Å²) in [7, 11) is 0. The number of nitrogens with one attached hydrogen (secondary N) is 1. The average Bonchev–Trinajstić information content (AvgIpc) is 2.68. The maximum Gasteiger partial charge on any atom is 0.326 e. The predicted octanol–water partition coefficient (Wildman–Crippen LogP) is 5.55. The monoisotopic (exact) mass is 471 g/mol. The summed E-state index contributed by atoms with van der Waals surface area (Å²) in [5.74, 6) is -0.271. The van der Waals surface area contributed by atoms with Gasteiger partial charge in [0.15, 0.2) is 5.75 Å². The van der Waals surface area contributed by atoms with Crippen LogP contribution in [0.3, 0.4) is 0 Å². The fourth-order valence-corrected chi connectivity index (χ4v) is 3.74. The minimum absolute atomic E-state index is 0.0823. The molecule has 9 heteroatoms. The predicted molar refractivity (Wildman–Crippen MR) is 121 cm³/mol. The number of carbonyl (C=O) groups is 2. The first-order valence-corrected chi connectivity index (χ1v) is 11.3. The zero-order valence-electron chi connectivity index (χ0n) is 16.7. The summed E-state index contributed by atoms with van der Waals surface area (Å²) in [4.78, 5) is 23.8. The highest BCUT2D eigenvalue weighted by molar-refractivity contribution is 7.98. The van der Waals surface area contributed by atoms with Gasteiger partial charge in [-0.15, -0.1) is 0 Å². The summed E-state index contributed by atoms with van der Waals surface area (Å²) in [6, 6.07) is 6.53. The van der Waals surface area contributed by atoms with Crippen LogP contribution in [0.2, 0.25) is 10.0 Å². The Morgan fingerprint density at radius 1 is 1.17 bits per heavy atom. The average molecular weight is 472 g/mol. The topological polar surface area (TPSA) is 95.9 Å². The second kappa shape index (κ2) is 10.8. The molecule has 162 valence electrons. The number of phenols is 1. The van der Waals surface area contributed by atoms with Gasteiger partial charge in [0, 0.05) is 11.1 Å². The van der Waals surface area contributed by atoms with Gasteiger partial charge in [0.05, 0.1) is 10.0 Å². The van der Waals surface area contributed by atoms with E-state index in [1.807, 2.05) is 20.1 Å². The summed E-state index contributed by atoms with van der Waals surface area (Å²) in [5.41, 5.74) is 0.835. The van der Waals surface area contributed by atoms with Crippen molar-refractivity contribution < 1.29 is 24.5 Å². The van der Waals surface area contributed by atoms with Gasteiger partial charge in [-0.05, 0) is 54.7 Å². The first-order valence-electron chi connectivity index (χ1n) is 9.16. The molecule has 0 aliphatic carbocycles. The van der Waals surface area contributed by atoms with E-state index >= 15 is 0 Å². The molecular weight excluding hydrogens is 449 g/mol. The molecule has 3 N–H and O–H groups in total. The molecule has 0 aliphatic rings. The molecule has 1 amide bonds. The summed E-state index contributed by atoms with van der Waals surface area (Å²) >= 11 is 14.1. The fourth-order valence-electron chi connectivity index (χ4n) is 2.70. The Balaban J connectivity index is 2.24. The number of carboxylic acids is 1. The number of carboxylic acid groups (broad SMARTS) is 1. The van der Waals surface area contributed by atoms with E-state index in [1.165, 1.54) is 30.0 Å². The van der Waals surface area contributed by atoms with Crippen molar-refractivity contribution in [1.29, 1.82) is 0 Å². The highest BCUT2D eigenvalue weighted by atomic mass is 35.5. The van der Waals surface area contributed by atoms with Crippen molar-refractivity contribution in [2.45, 2.75) is 32.2 Å². The molecular formula is C21H23Cl2NO5S. The van der Waals surface area contributed by atoms with Crippen LogP contribution in [0.5, 0.6) is 17.2 Å². The van der Waals surface area contributed by atoms with Crippen LogP contribution in [-0.4, -0.2) is 40.1 Å². The van der Waals surface area contributed by atoms with Crippen LogP contribution in [-0.2, 0) is 4.79 Å². The number of thioether (sulfide) groups is 1. The van der Waals surface area contributed by atoms with Gasteiger partial charge in [-0.1, -0.05) is 37.0 Å². The molecule has 0 aliphatic heterocycles. The van der Waals surface area contributed by atoms with Crippen LogP contribution >= 0.6 is 35.0 Å². The van der Waals surface area contributed by atoms with Crippen LogP contribution in [0.1, 0.15) is 42.1 Å². The number of amides is 1. The van der Waals surface area contributed by atoms with Gasteiger partial charge >= 0.3 is 5.97 Å². The number of hydrogen-bond acceptors (Lipinski definition) is 5. The zero-order valence-corrected chi connectivity index (χ0v) is 19.1. The second-order valence-electron chi connectivity index (χ2n) is 6.89. The van der Waals surface area contributed by atoms with Crippen LogP contribution in [0, 0.1) is 0 Å². The summed E-state index contributed by atoms with van der Waals surface area (Å²) in [6.07, 6.45) is 2.15. The van der Waals surface area contributed by atoms with Gasteiger partial charge in [0.2, 0.25) is 0 Å². The van der Waals surface area contributed by atoms with Crippen molar-refractivity contribution in [1.82, 2.24) is 5.32 Å². The number of halogens is 2. The number of rotatable bonds is 9. The minimum atomic E-state index is -1.11. The summed E-state index contributed by atoms with van der Waals surface area (Å²) < 4.78 is 5.79. The molecule has 0 fully saturated rings. The van der Waals surface area contributed by atoms with Crippen molar-refractivity contribution in [2.24, 2.45) is 0 Å². The van der Waals surface area contributed by atoms with Crippen molar-refractivity contribution in [2.75, 3.05) is 12.0 Å². The van der Waals surface area contributed by atoms with Gasteiger partial charge in [-0.25, -0.2) is 4.79 Å². The van der Waals surface area contributed by atoms with E-state index in [0.717, 1.165) is 0 Å². The molecule has 6 nitrogen and oxygen atoms in total. The van der Waals surface area contributed by atoms with E-state index < -0.39 is 17.9 Å². The molecule has 0 saturated carbocycles. The van der Waals surface area contributed by atoms with Crippen molar-refractivity contribution >= 4 is 46.8 Å². The lowest BCUT2D eigenvalue weighted by molar-refractivity contribution is -0.139. The smallest absolute Gasteiger partial charge is 0.326 e. The third-order valence-electron chi connectivity index (χ3n) is 4.32. The molecule has 0 heterocycles. The quantitative estimate of drug-likeness (QED) is 0.443. The van der Waals surface area contributed by atoms with E-state index in [9.17, 15) is 19.8 Å². The number of carbonyl (C=O) groups excluding carboxylic acids is 1. The Bertz CT molecular complexity index is 913. The van der Waals surface area contributed by atoms with E-state index in [0.29, 0.717) is 23.5 Å². The van der Waals surface area contributed by atoms with Gasteiger partial charge in [-0.2, -0.15) is 11.8 Å². The molecule has 2 aromatic carbocycles. The lowest BCUT2D eigenvalue weighted by Gasteiger charge is -2.16. The van der Waals surface area contributed by atoms with E-state index in [1.54, 1.807) is 12.1 Å². The highest BCUT2D eigenvalue weighted by Gasteiger charge is 2.22. The zero-order chi connectivity index (χ0) is 22.4. The molecule has 0 spiro atoms. The molecule has 0 aromatic heterocycles.